The summed E-state index contributed by atoms with van der Waals surface area (Å²) in [5.41, 5.74) is 8.12. The number of hydrogen-bond acceptors (Lipinski definition) is 5. The fraction of sp³-hybridized carbons (Fsp3) is 0.154. The topological polar surface area (TPSA) is 47.0 Å². The first-order chi connectivity index (χ1) is 15.7. The lowest BCUT2D eigenvalue weighted by molar-refractivity contribution is 0.387. The SMILES string of the molecule is SOCCc1ccc(Nc2ncc3c(n2)-c2ccccc2C(c2ccc(Br)cc2)C3)cc1. The Balaban J connectivity index is 1.43. The summed E-state index contributed by atoms with van der Waals surface area (Å²) in [5.74, 6) is 0.898. The molecular weight excluding hydrogens is 482 g/mol. The summed E-state index contributed by atoms with van der Waals surface area (Å²) in [4.78, 5) is 9.52. The fourth-order valence-electron chi connectivity index (χ4n) is 4.24. The highest BCUT2D eigenvalue weighted by Gasteiger charge is 2.27. The zero-order valence-corrected chi connectivity index (χ0v) is 19.8. The van der Waals surface area contributed by atoms with Gasteiger partial charge in [0.15, 0.2) is 0 Å². The van der Waals surface area contributed by atoms with Crippen molar-refractivity contribution in [2.75, 3.05) is 11.9 Å². The van der Waals surface area contributed by atoms with Crippen molar-refractivity contribution in [1.29, 1.82) is 0 Å². The van der Waals surface area contributed by atoms with Crippen LogP contribution in [0.2, 0.25) is 0 Å². The van der Waals surface area contributed by atoms with Crippen LogP contribution in [0.5, 0.6) is 0 Å². The third-order valence-corrected chi connectivity index (χ3v) is 6.56. The second-order valence-corrected chi connectivity index (χ2v) is 9.04. The Labute approximate surface area is 201 Å². The second-order valence-electron chi connectivity index (χ2n) is 7.87. The molecule has 0 saturated carbocycles. The quantitative estimate of drug-likeness (QED) is 0.226. The van der Waals surface area contributed by atoms with Crippen LogP contribution < -0.4 is 5.32 Å². The molecule has 1 aliphatic carbocycles. The Bertz CT molecular complexity index is 1230. The number of benzene rings is 3. The van der Waals surface area contributed by atoms with E-state index in [1.807, 2.05) is 18.3 Å². The molecule has 0 spiro atoms. The van der Waals surface area contributed by atoms with Crippen molar-refractivity contribution >= 4 is 40.5 Å². The van der Waals surface area contributed by atoms with E-state index in [1.165, 1.54) is 27.8 Å². The van der Waals surface area contributed by atoms with Crippen LogP contribution >= 0.6 is 28.8 Å². The molecule has 1 N–H and O–H groups in total. The molecule has 1 aromatic heterocycles. The number of aromatic nitrogens is 2. The number of nitrogens with zero attached hydrogens (tertiary/aromatic N) is 2. The molecule has 0 bridgehead atoms. The zero-order valence-electron chi connectivity index (χ0n) is 17.3. The summed E-state index contributed by atoms with van der Waals surface area (Å²) in [6.45, 7) is 0.588. The van der Waals surface area contributed by atoms with E-state index in [-0.39, 0.29) is 0 Å². The van der Waals surface area contributed by atoms with Crippen molar-refractivity contribution < 1.29 is 4.18 Å². The van der Waals surface area contributed by atoms with E-state index in [9.17, 15) is 0 Å². The number of hydrogen-bond donors (Lipinski definition) is 2. The van der Waals surface area contributed by atoms with Crippen LogP contribution in [-0.4, -0.2) is 16.6 Å². The predicted molar refractivity (Wildman–Crippen MR) is 136 cm³/mol. The number of thiol groups is 1. The van der Waals surface area contributed by atoms with Crippen LogP contribution in [-0.2, 0) is 17.0 Å². The van der Waals surface area contributed by atoms with Gasteiger partial charge in [-0.25, -0.2) is 9.97 Å². The number of nitrogens with one attached hydrogen (secondary N) is 1. The molecule has 0 saturated heterocycles. The van der Waals surface area contributed by atoms with Crippen LogP contribution in [0.4, 0.5) is 11.6 Å². The van der Waals surface area contributed by atoms with Gasteiger partial charge in [0.25, 0.3) is 0 Å². The highest BCUT2D eigenvalue weighted by molar-refractivity contribution is 9.10. The average molecular weight is 504 g/mol. The van der Waals surface area contributed by atoms with Crippen molar-refractivity contribution in [2.24, 2.45) is 0 Å². The first kappa shape index (κ1) is 21.2. The third kappa shape index (κ3) is 4.44. The maximum absolute atomic E-state index is 4.90. The monoisotopic (exact) mass is 503 g/mol. The smallest absolute Gasteiger partial charge is 0.227 e. The zero-order chi connectivity index (χ0) is 21.9. The normalized spacial score (nSPS) is 14.5. The molecule has 3 aromatic carbocycles. The summed E-state index contributed by atoms with van der Waals surface area (Å²) in [6.07, 6.45) is 3.68. The molecular formula is C26H22BrN3OS. The second kappa shape index (κ2) is 9.45. The Morgan fingerprint density at radius 1 is 1.00 bits per heavy atom. The highest BCUT2D eigenvalue weighted by Crippen LogP contribution is 2.42. The molecule has 0 aliphatic heterocycles. The van der Waals surface area contributed by atoms with Gasteiger partial charge in [-0.3, -0.25) is 0 Å². The molecule has 4 nitrogen and oxygen atoms in total. The predicted octanol–water partition coefficient (Wildman–Crippen LogP) is 6.74. The van der Waals surface area contributed by atoms with Gasteiger partial charge in [-0.1, -0.05) is 64.5 Å². The standard InChI is InChI=1S/C26H22BrN3OS/c27-20-9-7-18(8-10-20)24-15-19-16-28-26(30-25(19)23-4-2-1-3-22(23)24)29-21-11-5-17(6-12-21)13-14-31-32/h1-12,16,24,32H,13-15H2,(H,28,29,30). The summed E-state index contributed by atoms with van der Waals surface area (Å²) in [7, 11) is 0. The third-order valence-electron chi connectivity index (χ3n) is 5.84. The summed E-state index contributed by atoms with van der Waals surface area (Å²) in [5, 5.41) is 3.34. The molecule has 1 heterocycles. The van der Waals surface area contributed by atoms with E-state index in [1.54, 1.807) is 0 Å². The number of rotatable bonds is 6. The molecule has 6 heteroatoms. The molecule has 1 unspecified atom stereocenters. The van der Waals surface area contributed by atoms with E-state index < -0.39 is 0 Å². The van der Waals surface area contributed by atoms with E-state index in [2.05, 4.69) is 99.8 Å². The van der Waals surface area contributed by atoms with E-state index >= 15 is 0 Å². The van der Waals surface area contributed by atoms with E-state index in [4.69, 9.17) is 9.17 Å². The van der Waals surface area contributed by atoms with Gasteiger partial charge in [0.2, 0.25) is 5.95 Å². The van der Waals surface area contributed by atoms with Gasteiger partial charge in [0.05, 0.1) is 12.3 Å². The Morgan fingerprint density at radius 3 is 2.56 bits per heavy atom. The largest absolute Gasteiger partial charge is 0.324 e. The molecule has 160 valence electrons. The molecule has 4 aromatic rings. The molecule has 1 atom stereocenters. The van der Waals surface area contributed by atoms with Crippen LogP contribution in [0.1, 0.15) is 28.2 Å². The molecule has 0 radical (unpaired) electrons. The number of halogens is 1. The molecule has 1 aliphatic rings. The molecule has 32 heavy (non-hydrogen) atoms. The number of fused-ring (bicyclic) bond motifs is 3. The molecule has 5 rings (SSSR count). The lowest BCUT2D eigenvalue weighted by Gasteiger charge is -2.27. The minimum atomic E-state index is 0.294. The van der Waals surface area contributed by atoms with Gasteiger partial charge in [0.1, 0.15) is 0 Å². The Kier molecular flexibility index (Phi) is 6.26. The Hall–Kier alpha value is -2.67. The lowest BCUT2D eigenvalue weighted by atomic mass is 9.78. The van der Waals surface area contributed by atoms with Gasteiger partial charge in [-0.2, -0.15) is 0 Å². The van der Waals surface area contributed by atoms with Gasteiger partial charge in [0, 0.05) is 27.8 Å². The minimum absolute atomic E-state index is 0.294. The molecule has 0 fully saturated rings. The van der Waals surface area contributed by atoms with Gasteiger partial charge < -0.3 is 9.50 Å². The van der Waals surface area contributed by atoms with Crippen LogP contribution in [0.25, 0.3) is 11.3 Å². The minimum Gasteiger partial charge on any atom is -0.324 e. The van der Waals surface area contributed by atoms with Crippen molar-refractivity contribution in [3.63, 3.8) is 0 Å². The Morgan fingerprint density at radius 2 is 1.78 bits per heavy atom. The first-order valence-electron chi connectivity index (χ1n) is 10.5. The average Bonchev–Trinajstić information content (AvgIpc) is 2.84. The van der Waals surface area contributed by atoms with Crippen LogP contribution in [0.15, 0.2) is 83.5 Å². The summed E-state index contributed by atoms with van der Waals surface area (Å²) in [6, 6.07) is 25.4. The summed E-state index contributed by atoms with van der Waals surface area (Å²) < 4.78 is 5.94. The lowest BCUT2D eigenvalue weighted by Crippen LogP contribution is -2.15. The van der Waals surface area contributed by atoms with Gasteiger partial charge >= 0.3 is 0 Å². The highest BCUT2D eigenvalue weighted by atomic mass is 79.9. The first-order valence-corrected chi connectivity index (χ1v) is 11.7. The van der Waals surface area contributed by atoms with E-state index in [0.29, 0.717) is 18.5 Å². The van der Waals surface area contributed by atoms with Crippen LogP contribution in [0, 0.1) is 0 Å². The molecule has 0 amide bonds. The van der Waals surface area contributed by atoms with Crippen molar-refractivity contribution in [3.05, 3.63) is 106 Å². The maximum atomic E-state index is 4.90. The van der Waals surface area contributed by atoms with E-state index in [0.717, 1.165) is 28.7 Å². The fourth-order valence-corrected chi connectivity index (χ4v) is 4.59. The van der Waals surface area contributed by atoms with Crippen LogP contribution in [0.3, 0.4) is 0 Å². The van der Waals surface area contributed by atoms with Crippen molar-refractivity contribution in [3.8, 4) is 11.3 Å². The maximum Gasteiger partial charge on any atom is 0.227 e. The summed E-state index contributed by atoms with van der Waals surface area (Å²) >= 11 is 7.34. The van der Waals surface area contributed by atoms with Gasteiger partial charge in [-0.05, 0) is 72.3 Å². The van der Waals surface area contributed by atoms with Gasteiger partial charge in [-0.15, -0.1) is 0 Å². The van der Waals surface area contributed by atoms with Crippen molar-refractivity contribution in [1.82, 2.24) is 9.97 Å². The number of anilines is 2. The van der Waals surface area contributed by atoms with Crippen molar-refractivity contribution in [2.45, 2.75) is 18.8 Å².